The van der Waals surface area contributed by atoms with E-state index in [9.17, 15) is 9.59 Å². The van der Waals surface area contributed by atoms with Gasteiger partial charge in [0.1, 0.15) is 0 Å². The predicted molar refractivity (Wildman–Crippen MR) is 76.1 cm³/mol. The van der Waals surface area contributed by atoms with Crippen LogP contribution in [-0.4, -0.2) is 37.0 Å². The number of hydrogen-bond donors (Lipinski definition) is 2. The largest absolute Gasteiger partial charge is 0.354 e. The first-order chi connectivity index (χ1) is 8.88. The quantitative estimate of drug-likeness (QED) is 0.871. The van der Waals surface area contributed by atoms with Gasteiger partial charge in [-0.2, -0.15) is 0 Å². The molecule has 1 rings (SSSR count). The van der Waals surface area contributed by atoms with E-state index in [0.717, 1.165) is 5.56 Å². The topological polar surface area (TPSA) is 61.4 Å². The van der Waals surface area contributed by atoms with Crippen LogP contribution in [0.15, 0.2) is 24.3 Å². The van der Waals surface area contributed by atoms with Crippen LogP contribution in [0.1, 0.15) is 19.4 Å². The fourth-order valence-corrected chi connectivity index (χ4v) is 1.55. The van der Waals surface area contributed by atoms with E-state index in [4.69, 9.17) is 0 Å². The van der Waals surface area contributed by atoms with Gasteiger partial charge in [-0.1, -0.05) is 12.1 Å². The van der Waals surface area contributed by atoms with Crippen molar-refractivity contribution in [2.24, 2.45) is 0 Å². The molecule has 3 amide bonds. The third-order valence-electron chi connectivity index (χ3n) is 2.40. The number of hydrogen-bond acceptors (Lipinski definition) is 2. The van der Waals surface area contributed by atoms with E-state index in [1.54, 1.807) is 26.2 Å². The average Bonchev–Trinajstić information content (AvgIpc) is 2.27. The second-order valence-corrected chi connectivity index (χ2v) is 4.92. The summed E-state index contributed by atoms with van der Waals surface area (Å²) in [5, 5.41) is 5.59. The summed E-state index contributed by atoms with van der Waals surface area (Å²) < 4.78 is 0. The van der Waals surface area contributed by atoms with Gasteiger partial charge in [0.05, 0.1) is 6.42 Å². The first-order valence-corrected chi connectivity index (χ1v) is 6.25. The maximum Gasteiger partial charge on any atom is 0.321 e. The highest BCUT2D eigenvalue weighted by Gasteiger charge is 2.07. The SMILES string of the molecule is CC(C)NC(=O)Cc1cccc(NC(=O)N(C)C)c1. The number of carbonyl (C=O) groups excluding carboxylic acids is 2. The molecule has 0 fully saturated rings. The summed E-state index contributed by atoms with van der Waals surface area (Å²) in [6, 6.07) is 7.23. The molecule has 0 aliphatic rings. The smallest absolute Gasteiger partial charge is 0.321 e. The van der Waals surface area contributed by atoms with Crippen molar-refractivity contribution in [2.45, 2.75) is 26.3 Å². The van der Waals surface area contributed by atoms with Crippen molar-refractivity contribution >= 4 is 17.6 Å². The van der Waals surface area contributed by atoms with Gasteiger partial charge in [0, 0.05) is 25.8 Å². The van der Waals surface area contributed by atoms with Gasteiger partial charge in [-0.3, -0.25) is 4.79 Å². The molecule has 0 spiro atoms. The normalized spacial score (nSPS) is 10.2. The van der Waals surface area contributed by atoms with E-state index in [-0.39, 0.29) is 18.0 Å². The van der Waals surface area contributed by atoms with Crippen molar-refractivity contribution in [2.75, 3.05) is 19.4 Å². The van der Waals surface area contributed by atoms with Crippen molar-refractivity contribution in [3.8, 4) is 0 Å². The fraction of sp³-hybridized carbons (Fsp3) is 0.429. The number of carbonyl (C=O) groups is 2. The molecule has 0 aromatic heterocycles. The summed E-state index contributed by atoms with van der Waals surface area (Å²) in [4.78, 5) is 24.6. The second-order valence-electron chi connectivity index (χ2n) is 4.92. The van der Waals surface area contributed by atoms with Crippen LogP contribution in [0.25, 0.3) is 0 Å². The molecule has 104 valence electrons. The summed E-state index contributed by atoms with van der Waals surface area (Å²) in [7, 11) is 3.35. The molecule has 0 saturated heterocycles. The molecule has 0 unspecified atom stereocenters. The molecule has 5 heteroatoms. The molecule has 19 heavy (non-hydrogen) atoms. The molecule has 0 atom stereocenters. The van der Waals surface area contributed by atoms with Gasteiger partial charge in [-0.25, -0.2) is 4.79 Å². The van der Waals surface area contributed by atoms with Crippen molar-refractivity contribution in [1.82, 2.24) is 10.2 Å². The summed E-state index contributed by atoms with van der Waals surface area (Å²) in [5.41, 5.74) is 1.56. The lowest BCUT2D eigenvalue weighted by Crippen LogP contribution is -2.31. The molecule has 1 aromatic rings. The first-order valence-electron chi connectivity index (χ1n) is 6.25. The van der Waals surface area contributed by atoms with E-state index in [1.807, 2.05) is 26.0 Å². The number of urea groups is 1. The standard InChI is InChI=1S/C14H21N3O2/c1-10(2)15-13(18)9-11-6-5-7-12(8-11)16-14(19)17(3)4/h5-8,10H,9H2,1-4H3,(H,15,18)(H,16,19). The third-order valence-corrected chi connectivity index (χ3v) is 2.40. The number of rotatable bonds is 4. The molecule has 0 aliphatic carbocycles. The van der Waals surface area contributed by atoms with Gasteiger partial charge in [-0.15, -0.1) is 0 Å². The molecule has 0 radical (unpaired) electrons. The Morgan fingerprint density at radius 2 is 1.95 bits per heavy atom. The number of nitrogens with one attached hydrogen (secondary N) is 2. The third kappa shape index (κ3) is 5.42. The highest BCUT2D eigenvalue weighted by molar-refractivity contribution is 5.89. The zero-order valence-electron chi connectivity index (χ0n) is 11.9. The summed E-state index contributed by atoms with van der Waals surface area (Å²) in [5.74, 6) is -0.0221. The van der Waals surface area contributed by atoms with Crippen molar-refractivity contribution < 1.29 is 9.59 Å². The van der Waals surface area contributed by atoms with Crippen LogP contribution in [0.4, 0.5) is 10.5 Å². The van der Waals surface area contributed by atoms with E-state index < -0.39 is 0 Å². The molecule has 0 saturated carbocycles. The van der Waals surface area contributed by atoms with Crippen molar-refractivity contribution in [3.63, 3.8) is 0 Å². The Morgan fingerprint density at radius 1 is 1.26 bits per heavy atom. The van der Waals surface area contributed by atoms with Crippen molar-refractivity contribution in [1.29, 1.82) is 0 Å². The zero-order valence-corrected chi connectivity index (χ0v) is 11.9. The Hall–Kier alpha value is -2.04. The lowest BCUT2D eigenvalue weighted by atomic mass is 10.1. The summed E-state index contributed by atoms with van der Waals surface area (Å²) in [6.07, 6.45) is 0.309. The van der Waals surface area contributed by atoms with Crippen LogP contribution in [0, 0.1) is 0 Å². The second kappa shape index (κ2) is 6.78. The van der Waals surface area contributed by atoms with Crippen LogP contribution in [0.5, 0.6) is 0 Å². The highest BCUT2D eigenvalue weighted by Crippen LogP contribution is 2.11. The van der Waals surface area contributed by atoms with E-state index in [0.29, 0.717) is 12.1 Å². The van der Waals surface area contributed by atoms with Gasteiger partial charge < -0.3 is 15.5 Å². The molecule has 5 nitrogen and oxygen atoms in total. The Balaban J connectivity index is 2.67. The van der Waals surface area contributed by atoms with Gasteiger partial charge in [0.2, 0.25) is 5.91 Å². The van der Waals surface area contributed by atoms with Gasteiger partial charge >= 0.3 is 6.03 Å². The summed E-state index contributed by atoms with van der Waals surface area (Å²) in [6.45, 7) is 3.84. The maximum absolute atomic E-state index is 11.7. The van der Waals surface area contributed by atoms with E-state index >= 15 is 0 Å². The Kier molecular flexibility index (Phi) is 5.36. The number of amides is 3. The lowest BCUT2D eigenvalue weighted by Gasteiger charge is -2.13. The number of benzene rings is 1. The fourth-order valence-electron chi connectivity index (χ4n) is 1.55. The Morgan fingerprint density at radius 3 is 2.53 bits per heavy atom. The molecule has 2 N–H and O–H groups in total. The monoisotopic (exact) mass is 263 g/mol. The van der Waals surface area contributed by atoms with Crippen LogP contribution in [0.2, 0.25) is 0 Å². The van der Waals surface area contributed by atoms with E-state index in [1.165, 1.54) is 4.90 Å². The lowest BCUT2D eigenvalue weighted by molar-refractivity contribution is -0.120. The predicted octanol–water partition coefficient (Wildman–Crippen LogP) is 1.85. The summed E-state index contributed by atoms with van der Waals surface area (Å²) >= 11 is 0. The Labute approximate surface area is 114 Å². The highest BCUT2D eigenvalue weighted by atomic mass is 16.2. The first kappa shape index (κ1) is 15.0. The molecular formula is C14H21N3O2. The molecule has 1 aromatic carbocycles. The van der Waals surface area contributed by atoms with Crippen LogP contribution < -0.4 is 10.6 Å². The maximum atomic E-state index is 11.7. The van der Waals surface area contributed by atoms with Gasteiger partial charge in [-0.05, 0) is 31.5 Å². The van der Waals surface area contributed by atoms with Crippen molar-refractivity contribution in [3.05, 3.63) is 29.8 Å². The average molecular weight is 263 g/mol. The Bertz CT molecular complexity index is 456. The molecule has 0 bridgehead atoms. The molecular weight excluding hydrogens is 242 g/mol. The minimum absolute atomic E-state index is 0.0221. The van der Waals surface area contributed by atoms with Crippen LogP contribution in [0.3, 0.4) is 0 Å². The van der Waals surface area contributed by atoms with Crippen LogP contribution in [-0.2, 0) is 11.2 Å². The van der Waals surface area contributed by atoms with Gasteiger partial charge in [0.15, 0.2) is 0 Å². The minimum atomic E-state index is -0.191. The molecule has 0 heterocycles. The molecule has 0 aliphatic heterocycles. The number of anilines is 1. The minimum Gasteiger partial charge on any atom is -0.354 e. The van der Waals surface area contributed by atoms with Gasteiger partial charge in [0.25, 0.3) is 0 Å². The van der Waals surface area contributed by atoms with Crippen LogP contribution >= 0.6 is 0 Å². The van der Waals surface area contributed by atoms with E-state index in [2.05, 4.69) is 10.6 Å². The number of nitrogens with zero attached hydrogens (tertiary/aromatic N) is 1. The zero-order chi connectivity index (χ0) is 14.4.